The molecule has 1 N–H and O–H groups in total. The zero-order valence-electron chi connectivity index (χ0n) is 18.3. The molecule has 0 atom stereocenters. The Morgan fingerprint density at radius 1 is 1.12 bits per heavy atom. The Balaban J connectivity index is 1.32. The first-order valence-corrected chi connectivity index (χ1v) is 12.7. The van der Waals surface area contributed by atoms with Gasteiger partial charge in [-0.05, 0) is 31.3 Å². The molecule has 0 bridgehead atoms. The topological polar surface area (TPSA) is 70.0 Å². The van der Waals surface area contributed by atoms with Gasteiger partial charge in [0.25, 0.3) is 0 Å². The quantitative estimate of drug-likeness (QED) is 0.524. The molecule has 1 amide bonds. The molecule has 8 heteroatoms. The lowest BCUT2D eigenvalue weighted by atomic mass is 9.99. The van der Waals surface area contributed by atoms with Gasteiger partial charge >= 0.3 is 0 Å². The van der Waals surface area contributed by atoms with E-state index in [1.54, 1.807) is 6.20 Å². The molecule has 1 saturated heterocycles. The van der Waals surface area contributed by atoms with Crippen LogP contribution < -0.4 is 5.32 Å². The molecule has 0 aliphatic carbocycles. The molecule has 6 nitrogen and oxygen atoms in total. The van der Waals surface area contributed by atoms with Crippen LogP contribution in [0, 0.1) is 0 Å². The van der Waals surface area contributed by atoms with Crippen LogP contribution in [0.4, 0.5) is 5.69 Å². The Bertz CT molecular complexity index is 1250. The second-order valence-electron chi connectivity index (χ2n) is 8.42. The molecule has 0 saturated carbocycles. The SMILES string of the molecule is CN1CCC2(CC1)N=C(SCC(=O)Nc1cnc3ccccc3c1)C(c1ccc(Br)cc1)=N2. The maximum Gasteiger partial charge on any atom is 0.234 e. The molecule has 1 fully saturated rings. The van der Waals surface area contributed by atoms with Crippen molar-refractivity contribution in [1.29, 1.82) is 0 Å². The van der Waals surface area contributed by atoms with Gasteiger partial charge in [0.05, 0.1) is 28.9 Å². The van der Waals surface area contributed by atoms with Crippen molar-refractivity contribution in [3.63, 3.8) is 0 Å². The number of likely N-dealkylation sites (tertiary alicyclic amines) is 1. The van der Waals surface area contributed by atoms with Crippen molar-refractivity contribution in [3.05, 3.63) is 70.8 Å². The van der Waals surface area contributed by atoms with Gasteiger partial charge in [-0.3, -0.25) is 14.8 Å². The molecule has 1 spiro atoms. The van der Waals surface area contributed by atoms with Crippen molar-refractivity contribution >= 4 is 60.9 Å². The molecule has 3 heterocycles. The summed E-state index contributed by atoms with van der Waals surface area (Å²) in [5, 5.41) is 4.81. The fraction of sp³-hybridized carbons (Fsp3) is 0.280. The summed E-state index contributed by atoms with van der Waals surface area (Å²) >= 11 is 4.96. The number of aromatic nitrogens is 1. The Morgan fingerprint density at radius 3 is 2.67 bits per heavy atom. The van der Waals surface area contributed by atoms with Gasteiger partial charge in [-0.1, -0.05) is 58.0 Å². The first-order chi connectivity index (χ1) is 16.0. The number of fused-ring (bicyclic) bond motifs is 1. The summed E-state index contributed by atoms with van der Waals surface area (Å²) in [5.41, 5.74) is 3.11. The van der Waals surface area contributed by atoms with E-state index in [2.05, 4.69) is 38.2 Å². The Hall–Kier alpha value is -2.55. The number of piperidine rings is 1. The summed E-state index contributed by atoms with van der Waals surface area (Å²) in [5.74, 6) is 0.177. The second kappa shape index (κ2) is 9.37. The van der Waals surface area contributed by atoms with Crippen LogP contribution in [0.3, 0.4) is 0 Å². The highest BCUT2D eigenvalue weighted by Crippen LogP contribution is 2.35. The number of hydrogen-bond donors (Lipinski definition) is 1. The molecular weight excluding hydrogens is 498 g/mol. The van der Waals surface area contributed by atoms with Gasteiger partial charge in [-0.25, -0.2) is 4.99 Å². The van der Waals surface area contributed by atoms with Gasteiger partial charge in [-0.15, -0.1) is 0 Å². The fourth-order valence-corrected chi connectivity index (χ4v) is 5.23. The average Bonchev–Trinajstić information content (AvgIpc) is 3.18. The van der Waals surface area contributed by atoms with Crippen LogP contribution in [-0.4, -0.2) is 58.1 Å². The summed E-state index contributed by atoms with van der Waals surface area (Å²) in [4.78, 5) is 29.6. The number of aliphatic imine (C=N–C) groups is 2. The number of carbonyl (C=O) groups excluding carboxylic acids is 1. The van der Waals surface area contributed by atoms with Crippen molar-refractivity contribution < 1.29 is 4.79 Å². The highest BCUT2D eigenvalue weighted by molar-refractivity contribution is 9.10. The number of halogens is 1. The van der Waals surface area contributed by atoms with Crippen LogP contribution >= 0.6 is 27.7 Å². The predicted molar refractivity (Wildman–Crippen MR) is 140 cm³/mol. The number of thioether (sulfide) groups is 1. The number of benzene rings is 2. The van der Waals surface area contributed by atoms with Crippen molar-refractivity contribution in [1.82, 2.24) is 9.88 Å². The van der Waals surface area contributed by atoms with Crippen LogP contribution in [0.1, 0.15) is 18.4 Å². The lowest BCUT2D eigenvalue weighted by Crippen LogP contribution is -2.39. The molecule has 2 aliphatic heterocycles. The van der Waals surface area contributed by atoms with Gasteiger partial charge in [0.2, 0.25) is 5.91 Å². The molecule has 0 unspecified atom stereocenters. The number of amides is 1. The lowest BCUT2D eigenvalue weighted by molar-refractivity contribution is -0.113. The van der Waals surface area contributed by atoms with Crippen molar-refractivity contribution in [2.45, 2.75) is 18.5 Å². The normalized spacial score (nSPS) is 17.8. The van der Waals surface area contributed by atoms with E-state index in [9.17, 15) is 4.79 Å². The van der Waals surface area contributed by atoms with Crippen molar-refractivity contribution in [2.75, 3.05) is 31.2 Å². The summed E-state index contributed by atoms with van der Waals surface area (Å²) < 4.78 is 1.02. The standard InChI is InChI=1S/C25H24BrN5OS/c1-31-12-10-25(11-13-31)29-23(17-6-8-19(26)9-7-17)24(30-25)33-16-22(32)28-20-14-18-4-2-3-5-21(18)27-15-20/h2-9,14-15H,10-13,16H2,1H3,(H,28,32). The molecule has 168 valence electrons. The zero-order chi connectivity index (χ0) is 22.8. The van der Waals surface area contributed by atoms with E-state index in [4.69, 9.17) is 9.98 Å². The molecule has 3 aromatic rings. The summed E-state index contributed by atoms with van der Waals surface area (Å²) in [6, 6.07) is 17.9. The fourth-order valence-electron chi connectivity index (χ4n) is 4.09. The molecule has 33 heavy (non-hydrogen) atoms. The molecule has 5 rings (SSSR count). The first-order valence-electron chi connectivity index (χ1n) is 10.9. The van der Waals surface area contributed by atoms with E-state index in [0.29, 0.717) is 5.69 Å². The van der Waals surface area contributed by atoms with E-state index >= 15 is 0 Å². The lowest BCUT2D eigenvalue weighted by Gasteiger charge is -2.33. The molecule has 2 aliphatic rings. The van der Waals surface area contributed by atoms with Crippen molar-refractivity contribution in [2.24, 2.45) is 9.98 Å². The third kappa shape index (κ3) is 5.03. The van der Waals surface area contributed by atoms with Crippen LogP contribution in [0.5, 0.6) is 0 Å². The number of hydrogen-bond acceptors (Lipinski definition) is 6. The zero-order valence-corrected chi connectivity index (χ0v) is 20.7. The van der Waals surface area contributed by atoms with E-state index in [0.717, 1.165) is 57.6 Å². The highest BCUT2D eigenvalue weighted by Gasteiger charge is 2.39. The number of nitrogens with one attached hydrogen (secondary N) is 1. The number of carbonyl (C=O) groups is 1. The number of nitrogens with zero attached hydrogens (tertiary/aromatic N) is 4. The van der Waals surface area contributed by atoms with Gasteiger partial charge < -0.3 is 10.2 Å². The largest absolute Gasteiger partial charge is 0.324 e. The molecule has 1 aromatic heterocycles. The second-order valence-corrected chi connectivity index (χ2v) is 10.3. The third-order valence-electron chi connectivity index (χ3n) is 5.95. The summed E-state index contributed by atoms with van der Waals surface area (Å²) in [6.45, 7) is 1.93. The third-order valence-corrected chi connectivity index (χ3v) is 7.45. The molecule has 0 radical (unpaired) electrons. The highest BCUT2D eigenvalue weighted by atomic mass is 79.9. The number of rotatable bonds is 4. The Labute approximate surface area is 205 Å². The number of anilines is 1. The molecular formula is C25H24BrN5OS. The van der Waals surface area contributed by atoms with Crippen LogP contribution in [-0.2, 0) is 4.79 Å². The minimum absolute atomic E-state index is 0.0840. The minimum atomic E-state index is -0.407. The van der Waals surface area contributed by atoms with Gasteiger partial charge in [0.15, 0.2) is 5.66 Å². The monoisotopic (exact) mass is 521 g/mol. The summed E-state index contributed by atoms with van der Waals surface area (Å²) in [6.07, 6.45) is 3.48. The van der Waals surface area contributed by atoms with E-state index in [-0.39, 0.29) is 11.7 Å². The predicted octanol–water partition coefficient (Wildman–Crippen LogP) is 4.99. The van der Waals surface area contributed by atoms with Gasteiger partial charge in [-0.2, -0.15) is 0 Å². The maximum absolute atomic E-state index is 12.7. The van der Waals surface area contributed by atoms with Crippen LogP contribution in [0.25, 0.3) is 10.9 Å². The number of para-hydroxylation sites is 1. The number of pyridine rings is 1. The first kappa shape index (κ1) is 22.3. The van der Waals surface area contributed by atoms with E-state index in [1.807, 2.05) is 54.6 Å². The minimum Gasteiger partial charge on any atom is -0.324 e. The van der Waals surface area contributed by atoms with Crippen LogP contribution in [0.2, 0.25) is 0 Å². The maximum atomic E-state index is 12.7. The average molecular weight is 522 g/mol. The summed E-state index contributed by atoms with van der Waals surface area (Å²) in [7, 11) is 2.13. The van der Waals surface area contributed by atoms with Gasteiger partial charge in [0, 0.05) is 41.4 Å². The molecule has 2 aromatic carbocycles. The smallest absolute Gasteiger partial charge is 0.234 e. The van der Waals surface area contributed by atoms with Crippen molar-refractivity contribution in [3.8, 4) is 0 Å². The van der Waals surface area contributed by atoms with Crippen LogP contribution in [0.15, 0.2) is 75.3 Å². The van der Waals surface area contributed by atoms with E-state index < -0.39 is 5.66 Å². The Morgan fingerprint density at radius 2 is 1.88 bits per heavy atom. The van der Waals surface area contributed by atoms with E-state index in [1.165, 1.54) is 11.8 Å². The Kier molecular flexibility index (Phi) is 6.32. The van der Waals surface area contributed by atoms with Gasteiger partial charge in [0.1, 0.15) is 5.04 Å².